The van der Waals surface area contributed by atoms with Crippen molar-refractivity contribution in [3.05, 3.63) is 40.2 Å². The minimum absolute atomic E-state index is 0.0524. The molecule has 3 rings (SSSR count). The summed E-state index contributed by atoms with van der Waals surface area (Å²) in [4.78, 5) is 12.2. The number of fused-ring (bicyclic) bond motifs is 1. The Morgan fingerprint density at radius 3 is 2.96 bits per heavy atom. The van der Waals surface area contributed by atoms with Crippen LogP contribution in [-0.4, -0.2) is 42.4 Å². The second-order valence-corrected chi connectivity index (χ2v) is 7.46. The average molecular weight is 407 g/mol. The number of amides is 1. The first-order chi connectivity index (χ1) is 13.5. The first-order valence-corrected chi connectivity index (χ1v) is 9.97. The van der Waals surface area contributed by atoms with E-state index in [1.165, 1.54) is 5.56 Å². The van der Waals surface area contributed by atoms with Crippen molar-refractivity contribution < 1.29 is 14.3 Å². The molecule has 0 aliphatic carbocycles. The monoisotopic (exact) mass is 406 g/mol. The third-order valence-electron chi connectivity index (χ3n) is 4.74. The second kappa shape index (κ2) is 9.80. The van der Waals surface area contributed by atoms with E-state index in [4.69, 9.17) is 21.1 Å². The number of hydrogen-bond acceptors (Lipinski definition) is 5. The summed E-state index contributed by atoms with van der Waals surface area (Å²) >= 11 is 6.25. The molecule has 8 heteroatoms. The first-order valence-electron chi connectivity index (χ1n) is 9.60. The highest BCUT2D eigenvalue weighted by Gasteiger charge is 2.17. The number of benzene rings is 1. The quantitative estimate of drug-likeness (QED) is 0.557. The van der Waals surface area contributed by atoms with Crippen molar-refractivity contribution in [2.24, 2.45) is 5.92 Å². The van der Waals surface area contributed by atoms with E-state index in [0.717, 1.165) is 24.1 Å². The van der Waals surface area contributed by atoms with Gasteiger partial charge in [0.1, 0.15) is 13.2 Å². The maximum Gasteiger partial charge on any atom is 0.224 e. The van der Waals surface area contributed by atoms with Gasteiger partial charge in [-0.3, -0.25) is 9.89 Å². The molecule has 0 spiro atoms. The number of aryl methyl sites for hydroxylation is 2. The summed E-state index contributed by atoms with van der Waals surface area (Å²) in [6.45, 7) is 6.80. The molecule has 0 fully saturated rings. The van der Waals surface area contributed by atoms with E-state index >= 15 is 0 Å². The summed E-state index contributed by atoms with van der Waals surface area (Å²) in [6, 6.07) is 3.79. The molecule has 7 nitrogen and oxygen atoms in total. The van der Waals surface area contributed by atoms with Gasteiger partial charge in [0, 0.05) is 31.2 Å². The average Bonchev–Trinajstić information content (AvgIpc) is 3.10. The predicted molar refractivity (Wildman–Crippen MR) is 108 cm³/mol. The van der Waals surface area contributed by atoms with E-state index in [1.54, 1.807) is 0 Å². The van der Waals surface area contributed by atoms with Gasteiger partial charge in [0.25, 0.3) is 0 Å². The number of rotatable bonds is 9. The molecule has 1 amide bonds. The molecule has 0 saturated carbocycles. The van der Waals surface area contributed by atoms with Crippen molar-refractivity contribution in [1.29, 1.82) is 0 Å². The normalized spacial score (nSPS) is 14.0. The lowest BCUT2D eigenvalue weighted by Gasteiger charge is -2.20. The first kappa shape index (κ1) is 20.5. The van der Waals surface area contributed by atoms with E-state index in [-0.39, 0.29) is 11.8 Å². The summed E-state index contributed by atoms with van der Waals surface area (Å²) in [6.07, 6.45) is 3.63. The number of ether oxygens (including phenoxy) is 2. The van der Waals surface area contributed by atoms with Gasteiger partial charge in [-0.25, -0.2) is 0 Å². The van der Waals surface area contributed by atoms with Crippen LogP contribution in [0.1, 0.15) is 30.2 Å². The van der Waals surface area contributed by atoms with Crippen molar-refractivity contribution in [2.75, 3.05) is 26.3 Å². The van der Waals surface area contributed by atoms with Gasteiger partial charge in [0.15, 0.2) is 11.5 Å². The molecule has 0 radical (unpaired) electrons. The Bertz CT molecular complexity index is 809. The minimum atomic E-state index is -0.122. The Balaban J connectivity index is 1.36. The Labute approximate surface area is 170 Å². The van der Waals surface area contributed by atoms with Crippen LogP contribution < -0.4 is 20.1 Å². The van der Waals surface area contributed by atoms with E-state index < -0.39 is 0 Å². The molecule has 1 unspecified atom stereocenters. The fourth-order valence-electron chi connectivity index (χ4n) is 3.08. The molecule has 1 aliphatic rings. The summed E-state index contributed by atoms with van der Waals surface area (Å²) < 4.78 is 11.1. The number of aromatic amines is 1. The van der Waals surface area contributed by atoms with Crippen LogP contribution in [0.25, 0.3) is 0 Å². The van der Waals surface area contributed by atoms with Gasteiger partial charge in [0.05, 0.1) is 11.2 Å². The van der Waals surface area contributed by atoms with Crippen LogP contribution in [0.3, 0.4) is 0 Å². The maximum atomic E-state index is 12.2. The summed E-state index contributed by atoms with van der Waals surface area (Å²) in [5.74, 6) is 1.21. The topological polar surface area (TPSA) is 88.3 Å². The number of halogens is 1. The van der Waals surface area contributed by atoms with E-state index in [0.29, 0.717) is 49.4 Å². The van der Waals surface area contributed by atoms with Crippen molar-refractivity contribution >= 4 is 17.5 Å². The van der Waals surface area contributed by atoms with Crippen LogP contribution in [0, 0.1) is 12.8 Å². The van der Waals surface area contributed by atoms with Gasteiger partial charge in [0.2, 0.25) is 5.91 Å². The Morgan fingerprint density at radius 2 is 2.18 bits per heavy atom. The number of carbonyl (C=O) groups is 1. The molecular weight excluding hydrogens is 380 g/mol. The van der Waals surface area contributed by atoms with Crippen LogP contribution in [-0.2, 0) is 17.8 Å². The van der Waals surface area contributed by atoms with Crippen LogP contribution in [0.2, 0.25) is 5.02 Å². The highest BCUT2D eigenvalue weighted by atomic mass is 35.5. The molecule has 1 aromatic carbocycles. The molecule has 152 valence electrons. The maximum absolute atomic E-state index is 12.2. The molecule has 0 bridgehead atoms. The minimum Gasteiger partial charge on any atom is -0.486 e. The fraction of sp³-hybridized carbons (Fsp3) is 0.500. The zero-order valence-corrected chi connectivity index (χ0v) is 17.1. The van der Waals surface area contributed by atoms with E-state index in [2.05, 4.69) is 20.8 Å². The summed E-state index contributed by atoms with van der Waals surface area (Å²) in [5, 5.41) is 13.8. The fourth-order valence-corrected chi connectivity index (χ4v) is 3.37. The Morgan fingerprint density at radius 1 is 1.36 bits per heavy atom. The zero-order chi connectivity index (χ0) is 19.9. The highest BCUT2D eigenvalue weighted by Crippen LogP contribution is 2.38. The molecule has 1 aliphatic heterocycles. The molecular formula is C20H27ClN4O3. The molecule has 1 aromatic heterocycles. The lowest BCUT2D eigenvalue weighted by Crippen LogP contribution is -2.35. The van der Waals surface area contributed by atoms with Gasteiger partial charge in [-0.15, -0.1) is 0 Å². The Hall–Kier alpha value is -2.25. The van der Waals surface area contributed by atoms with E-state index in [1.807, 2.05) is 32.2 Å². The SMILES string of the molecule is Cc1[nH]ncc1CCCNC(=O)C(C)CNCc1cc(Cl)c2c(c1)OCCO2. The van der Waals surface area contributed by atoms with E-state index in [9.17, 15) is 4.79 Å². The van der Waals surface area contributed by atoms with Gasteiger partial charge in [-0.05, 0) is 43.0 Å². The predicted octanol–water partition coefficient (Wildman–Crippen LogP) is 2.62. The van der Waals surface area contributed by atoms with Crippen LogP contribution in [0.4, 0.5) is 0 Å². The van der Waals surface area contributed by atoms with Gasteiger partial charge >= 0.3 is 0 Å². The number of nitrogens with one attached hydrogen (secondary N) is 3. The van der Waals surface area contributed by atoms with Crippen molar-refractivity contribution in [3.8, 4) is 11.5 Å². The number of carbonyl (C=O) groups excluding carboxylic acids is 1. The number of hydrogen-bond donors (Lipinski definition) is 3. The summed E-state index contributed by atoms with van der Waals surface area (Å²) in [5.41, 5.74) is 3.28. The van der Waals surface area contributed by atoms with Crippen molar-refractivity contribution in [1.82, 2.24) is 20.8 Å². The van der Waals surface area contributed by atoms with Crippen molar-refractivity contribution in [3.63, 3.8) is 0 Å². The van der Waals surface area contributed by atoms with Crippen LogP contribution >= 0.6 is 11.6 Å². The smallest absolute Gasteiger partial charge is 0.224 e. The van der Waals surface area contributed by atoms with Gasteiger partial charge < -0.3 is 20.1 Å². The molecule has 0 saturated heterocycles. The Kier molecular flexibility index (Phi) is 7.17. The lowest BCUT2D eigenvalue weighted by atomic mass is 10.1. The molecule has 3 N–H and O–H groups in total. The van der Waals surface area contributed by atoms with Gasteiger partial charge in [-0.2, -0.15) is 5.10 Å². The largest absolute Gasteiger partial charge is 0.486 e. The molecule has 1 atom stereocenters. The third kappa shape index (κ3) is 5.39. The zero-order valence-electron chi connectivity index (χ0n) is 16.3. The highest BCUT2D eigenvalue weighted by molar-refractivity contribution is 6.32. The second-order valence-electron chi connectivity index (χ2n) is 7.05. The van der Waals surface area contributed by atoms with Crippen molar-refractivity contribution in [2.45, 2.75) is 33.2 Å². The van der Waals surface area contributed by atoms with Crippen LogP contribution in [0.15, 0.2) is 18.3 Å². The number of H-pyrrole nitrogens is 1. The number of nitrogens with zero attached hydrogens (tertiary/aromatic N) is 1. The van der Waals surface area contributed by atoms with Gasteiger partial charge in [-0.1, -0.05) is 18.5 Å². The lowest BCUT2D eigenvalue weighted by molar-refractivity contribution is -0.124. The number of aromatic nitrogens is 2. The molecule has 2 heterocycles. The third-order valence-corrected chi connectivity index (χ3v) is 5.02. The molecule has 28 heavy (non-hydrogen) atoms. The standard InChI is InChI=1S/C20H27ClN4O3/c1-13(20(26)23-5-3-4-16-12-24-25-14(16)2)10-22-11-15-8-17(21)19-18(9-15)27-6-7-28-19/h8-9,12-13,22H,3-7,10-11H2,1-2H3,(H,23,26)(H,24,25). The summed E-state index contributed by atoms with van der Waals surface area (Å²) in [7, 11) is 0. The molecule has 2 aromatic rings. The van der Waals surface area contributed by atoms with Crippen LogP contribution in [0.5, 0.6) is 11.5 Å².